The number of allylic oxidation sites excluding steroid dienone is 1. The number of hydrazone groups is 1. The Kier molecular flexibility index (Phi) is 6.83. The van der Waals surface area contributed by atoms with Crippen molar-refractivity contribution >= 4 is 30.1 Å². The van der Waals surface area contributed by atoms with E-state index in [0.717, 1.165) is 37.3 Å². The van der Waals surface area contributed by atoms with E-state index in [9.17, 15) is 0 Å². The van der Waals surface area contributed by atoms with E-state index in [1.807, 2.05) is 25.1 Å². The van der Waals surface area contributed by atoms with Crippen LogP contribution in [0, 0.1) is 0 Å². The van der Waals surface area contributed by atoms with Gasteiger partial charge in [0.2, 0.25) is 17.8 Å². The van der Waals surface area contributed by atoms with E-state index in [2.05, 4.69) is 48.5 Å². The molecule has 158 valence electrons. The zero-order chi connectivity index (χ0) is 20.6. The summed E-state index contributed by atoms with van der Waals surface area (Å²) in [7, 11) is 0. The van der Waals surface area contributed by atoms with Crippen LogP contribution in [0.4, 0.5) is 17.8 Å². The van der Waals surface area contributed by atoms with Crippen LogP contribution in [0.1, 0.15) is 12.5 Å². The Balaban J connectivity index is 1.51. The van der Waals surface area contributed by atoms with Crippen LogP contribution in [0.15, 0.2) is 41.0 Å². The Morgan fingerprint density at radius 1 is 0.900 bits per heavy atom. The van der Waals surface area contributed by atoms with Crippen LogP contribution in [-0.2, 0) is 9.47 Å². The molecule has 0 unspecified atom stereocenters. The molecule has 2 saturated heterocycles. The van der Waals surface area contributed by atoms with Gasteiger partial charge >= 0.3 is 0 Å². The fraction of sp³-hybridized carbons (Fsp3) is 0.429. The van der Waals surface area contributed by atoms with Crippen molar-refractivity contribution in [2.24, 2.45) is 5.10 Å². The molecule has 0 radical (unpaired) electrons. The fourth-order valence-corrected chi connectivity index (χ4v) is 3.25. The van der Waals surface area contributed by atoms with Gasteiger partial charge in [-0.25, -0.2) is 5.43 Å². The molecule has 9 nitrogen and oxygen atoms in total. The zero-order valence-corrected chi connectivity index (χ0v) is 17.2. The van der Waals surface area contributed by atoms with E-state index in [-0.39, 0.29) is 0 Å². The molecule has 1 N–H and O–H groups in total. The minimum atomic E-state index is 0.428. The van der Waals surface area contributed by atoms with Crippen molar-refractivity contribution < 1.29 is 9.47 Å². The molecule has 3 heterocycles. The normalized spacial score (nSPS) is 18.1. The lowest BCUT2D eigenvalue weighted by atomic mass is 10.1. The Bertz CT molecular complexity index is 840. The maximum absolute atomic E-state index is 5.45. The summed E-state index contributed by atoms with van der Waals surface area (Å²) in [6, 6.07) is 10.1. The minimum Gasteiger partial charge on any atom is -0.378 e. The van der Waals surface area contributed by atoms with Gasteiger partial charge in [0, 0.05) is 26.2 Å². The summed E-state index contributed by atoms with van der Waals surface area (Å²) in [5.74, 6) is 1.71. The summed E-state index contributed by atoms with van der Waals surface area (Å²) in [6.45, 7) is 7.71. The summed E-state index contributed by atoms with van der Waals surface area (Å²) in [4.78, 5) is 18.1. The van der Waals surface area contributed by atoms with E-state index < -0.39 is 0 Å². The summed E-state index contributed by atoms with van der Waals surface area (Å²) >= 11 is 0. The maximum Gasteiger partial charge on any atom is 0.250 e. The predicted octanol–water partition coefficient (Wildman–Crippen LogP) is 2.05. The molecule has 0 aliphatic carbocycles. The summed E-state index contributed by atoms with van der Waals surface area (Å²) in [6.07, 6.45) is 3.83. The van der Waals surface area contributed by atoms with Crippen LogP contribution < -0.4 is 15.2 Å². The first-order valence-electron chi connectivity index (χ1n) is 10.2. The molecular formula is C21H27N7O2. The second-order valence-corrected chi connectivity index (χ2v) is 7.13. The SMILES string of the molecule is CC(=C/c1ccccc1)/C=N/Nc1nc(N2CCOCC2)nc(N2CCOCC2)n1. The van der Waals surface area contributed by atoms with Crippen molar-refractivity contribution in [3.8, 4) is 0 Å². The van der Waals surface area contributed by atoms with Crippen molar-refractivity contribution in [1.82, 2.24) is 15.0 Å². The van der Waals surface area contributed by atoms with E-state index in [1.54, 1.807) is 6.21 Å². The molecule has 1 aromatic carbocycles. The van der Waals surface area contributed by atoms with Gasteiger partial charge in [0.25, 0.3) is 0 Å². The standard InChI is InChI=1S/C21H27N7O2/c1-17(15-18-5-3-2-4-6-18)16-22-26-19-23-20(27-7-11-29-12-8-27)25-21(24-19)28-9-13-30-14-10-28/h2-6,15-16H,7-14H2,1H3,(H,23,24,25,26)/b17-15-,22-16+. The molecule has 2 aromatic rings. The van der Waals surface area contributed by atoms with Crippen LogP contribution in [-0.4, -0.2) is 73.8 Å². The lowest BCUT2D eigenvalue weighted by Crippen LogP contribution is -2.40. The molecule has 2 fully saturated rings. The number of hydrogen-bond acceptors (Lipinski definition) is 9. The molecule has 4 rings (SSSR count). The van der Waals surface area contributed by atoms with Gasteiger partial charge in [0.15, 0.2) is 0 Å². The number of rotatable bonds is 6. The molecule has 0 atom stereocenters. The van der Waals surface area contributed by atoms with Crippen molar-refractivity contribution in [3.63, 3.8) is 0 Å². The monoisotopic (exact) mass is 409 g/mol. The van der Waals surface area contributed by atoms with Gasteiger partial charge in [-0.15, -0.1) is 0 Å². The maximum atomic E-state index is 5.45. The highest BCUT2D eigenvalue weighted by Gasteiger charge is 2.20. The van der Waals surface area contributed by atoms with Crippen LogP contribution in [0.25, 0.3) is 6.08 Å². The smallest absolute Gasteiger partial charge is 0.250 e. The largest absolute Gasteiger partial charge is 0.378 e. The number of nitrogens with one attached hydrogen (secondary N) is 1. The van der Waals surface area contributed by atoms with Crippen LogP contribution in [0.5, 0.6) is 0 Å². The van der Waals surface area contributed by atoms with Crippen molar-refractivity contribution in [1.29, 1.82) is 0 Å². The third-order valence-electron chi connectivity index (χ3n) is 4.83. The average Bonchev–Trinajstić information content (AvgIpc) is 2.81. The van der Waals surface area contributed by atoms with E-state index >= 15 is 0 Å². The minimum absolute atomic E-state index is 0.428. The molecule has 30 heavy (non-hydrogen) atoms. The van der Waals surface area contributed by atoms with Crippen molar-refractivity contribution in [3.05, 3.63) is 41.5 Å². The van der Waals surface area contributed by atoms with Gasteiger partial charge in [0.1, 0.15) is 0 Å². The second-order valence-electron chi connectivity index (χ2n) is 7.13. The van der Waals surface area contributed by atoms with Gasteiger partial charge in [-0.05, 0) is 18.1 Å². The summed E-state index contributed by atoms with van der Waals surface area (Å²) in [5, 5.41) is 4.33. The third kappa shape index (κ3) is 5.52. The topological polar surface area (TPSA) is 88.0 Å². The number of ether oxygens (including phenoxy) is 2. The number of hydrogen-bond donors (Lipinski definition) is 1. The van der Waals surface area contributed by atoms with Crippen LogP contribution >= 0.6 is 0 Å². The third-order valence-corrected chi connectivity index (χ3v) is 4.83. The van der Waals surface area contributed by atoms with Gasteiger partial charge in [0.05, 0.1) is 32.6 Å². The quantitative estimate of drug-likeness (QED) is 0.573. The first-order chi connectivity index (χ1) is 14.8. The Hall–Kier alpha value is -3.04. The highest BCUT2D eigenvalue weighted by Crippen LogP contribution is 2.18. The highest BCUT2D eigenvalue weighted by atomic mass is 16.5. The van der Waals surface area contributed by atoms with Crippen molar-refractivity contribution in [2.45, 2.75) is 6.92 Å². The lowest BCUT2D eigenvalue weighted by Gasteiger charge is -2.30. The lowest BCUT2D eigenvalue weighted by molar-refractivity contribution is 0.121. The predicted molar refractivity (Wildman–Crippen MR) is 118 cm³/mol. The van der Waals surface area contributed by atoms with E-state index in [1.165, 1.54) is 0 Å². The van der Waals surface area contributed by atoms with Gasteiger partial charge in [-0.1, -0.05) is 36.4 Å². The van der Waals surface area contributed by atoms with Crippen LogP contribution in [0.3, 0.4) is 0 Å². The van der Waals surface area contributed by atoms with Crippen molar-refractivity contribution in [2.75, 3.05) is 67.8 Å². The fourth-order valence-electron chi connectivity index (χ4n) is 3.25. The molecule has 0 saturated carbocycles. The molecule has 0 spiro atoms. The number of aromatic nitrogens is 3. The summed E-state index contributed by atoms with van der Waals surface area (Å²) in [5.41, 5.74) is 5.12. The first-order valence-corrected chi connectivity index (χ1v) is 10.2. The Morgan fingerprint density at radius 3 is 2.03 bits per heavy atom. The van der Waals surface area contributed by atoms with Crippen LogP contribution in [0.2, 0.25) is 0 Å². The van der Waals surface area contributed by atoms with Gasteiger partial charge < -0.3 is 19.3 Å². The molecule has 9 heteroatoms. The summed E-state index contributed by atoms with van der Waals surface area (Å²) < 4.78 is 10.9. The molecule has 1 aromatic heterocycles. The Morgan fingerprint density at radius 2 is 1.47 bits per heavy atom. The molecule has 0 bridgehead atoms. The first kappa shape index (κ1) is 20.2. The number of anilines is 3. The second kappa shape index (κ2) is 10.1. The number of benzene rings is 1. The molecule has 0 amide bonds. The van der Waals surface area contributed by atoms with Gasteiger partial charge in [-0.2, -0.15) is 20.1 Å². The number of nitrogens with zero attached hydrogens (tertiary/aromatic N) is 6. The molecule has 2 aliphatic rings. The van der Waals surface area contributed by atoms with E-state index in [0.29, 0.717) is 44.3 Å². The molecule has 2 aliphatic heterocycles. The highest BCUT2D eigenvalue weighted by molar-refractivity contribution is 5.85. The van der Waals surface area contributed by atoms with Gasteiger partial charge in [-0.3, -0.25) is 0 Å². The van der Waals surface area contributed by atoms with E-state index in [4.69, 9.17) is 14.5 Å². The molecular weight excluding hydrogens is 382 g/mol. The zero-order valence-electron chi connectivity index (χ0n) is 17.2. The number of morpholine rings is 2. The average molecular weight is 409 g/mol. The Labute approximate surface area is 176 Å².